The van der Waals surface area contributed by atoms with Crippen LogP contribution < -0.4 is 38.2 Å². The fraction of sp³-hybridized carbons (Fsp3) is 0.250. The van der Waals surface area contributed by atoms with Crippen LogP contribution >= 0.6 is 0 Å². The summed E-state index contributed by atoms with van der Waals surface area (Å²) in [6, 6.07) is 17.9. The summed E-state index contributed by atoms with van der Waals surface area (Å²) < 4.78 is 37.6. The van der Waals surface area contributed by atoms with Crippen LogP contribution in [0.1, 0.15) is 0 Å². The van der Waals surface area contributed by atoms with Gasteiger partial charge >= 0.3 is 192 Å². The normalized spacial score (nSPS) is 10.5. The molecule has 0 aromatic heterocycles. The van der Waals surface area contributed by atoms with E-state index in [2.05, 4.69) is 18.2 Å². The second-order valence-electron chi connectivity index (χ2n) is 6.37. The van der Waals surface area contributed by atoms with E-state index in [1.807, 2.05) is 36.4 Å². The number of methoxy groups -OCH3 is 6. The molecule has 0 N–H and O–H groups in total. The molecule has 0 saturated carbocycles. The van der Waals surface area contributed by atoms with Crippen molar-refractivity contribution in [2.24, 2.45) is 0 Å². The summed E-state index contributed by atoms with van der Waals surface area (Å²) in [7, 11) is 9.91. The van der Waals surface area contributed by atoms with Crippen molar-refractivity contribution < 1.29 is 28.4 Å². The minimum atomic E-state index is -3.11. The van der Waals surface area contributed by atoms with Crippen molar-refractivity contribution in [3.05, 3.63) is 54.6 Å². The van der Waals surface area contributed by atoms with Crippen molar-refractivity contribution >= 4 is 31.6 Å². The van der Waals surface area contributed by atoms with E-state index in [0.717, 1.165) is 27.1 Å². The third kappa shape index (κ3) is 4.38. The van der Waals surface area contributed by atoms with Crippen LogP contribution in [-0.4, -0.2) is 64.4 Å². The molecule has 0 atom stereocenters. The molecule has 0 radical (unpaired) electrons. The topological polar surface area (TPSA) is 55.4 Å². The van der Waals surface area contributed by atoms with Crippen molar-refractivity contribution in [1.29, 1.82) is 0 Å². The first kappa shape index (κ1) is 23.0. The predicted octanol–water partition coefficient (Wildman–Crippen LogP) is 2.25. The summed E-state index contributed by atoms with van der Waals surface area (Å²) in [6.45, 7) is 0. The number of benzene rings is 3. The van der Waals surface area contributed by atoms with Gasteiger partial charge in [-0.05, 0) is 0 Å². The van der Waals surface area contributed by atoms with Gasteiger partial charge in [-0.2, -0.15) is 0 Å². The van der Waals surface area contributed by atoms with Gasteiger partial charge < -0.3 is 0 Å². The average Bonchev–Trinajstić information content (AvgIpc) is 2.83. The van der Waals surface area contributed by atoms with Crippen molar-refractivity contribution in [1.82, 2.24) is 0 Å². The van der Waals surface area contributed by atoms with Crippen LogP contribution in [0.25, 0.3) is 0 Å². The average molecular weight is 620 g/mol. The van der Waals surface area contributed by atoms with Gasteiger partial charge in [-0.25, -0.2) is 0 Å². The molecule has 0 spiro atoms. The second-order valence-corrected chi connectivity index (χ2v) is 14.6. The number of hydrogen-bond acceptors (Lipinski definition) is 6. The van der Waals surface area contributed by atoms with Gasteiger partial charge in [0.2, 0.25) is 0 Å². The number of hydrogen-bond donors (Lipinski definition) is 0. The first-order chi connectivity index (χ1) is 15.1. The Bertz CT molecular complexity index is 905. The summed E-state index contributed by atoms with van der Waals surface area (Å²) in [5.41, 5.74) is 0. The van der Waals surface area contributed by atoms with Gasteiger partial charge in [0.05, 0.1) is 0 Å². The van der Waals surface area contributed by atoms with Crippen molar-refractivity contribution in [3.63, 3.8) is 0 Å². The predicted molar refractivity (Wildman–Crippen MR) is 123 cm³/mol. The zero-order valence-corrected chi connectivity index (χ0v) is 22.1. The summed E-state index contributed by atoms with van der Waals surface area (Å²) >= 11 is -3.11. The van der Waals surface area contributed by atoms with Crippen LogP contribution in [0.3, 0.4) is 0 Å². The van der Waals surface area contributed by atoms with Gasteiger partial charge in [-0.1, -0.05) is 0 Å². The fourth-order valence-corrected chi connectivity index (χ4v) is 14.0. The molecular formula is C24H27BiO6. The number of rotatable bonds is 9. The van der Waals surface area contributed by atoms with Crippen LogP contribution in [0.5, 0.6) is 34.5 Å². The first-order valence-corrected chi connectivity index (χ1v) is 14.8. The van der Waals surface area contributed by atoms with Gasteiger partial charge in [0, 0.05) is 0 Å². The molecule has 0 heterocycles. The Hall–Kier alpha value is -2.66. The first-order valence-electron chi connectivity index (χ1n) is 9.58. The van der Waals surface area contributed by atoms with E-state index in [4.69, 9.17) is 28.4 Å². The fourth-order valence-electron chi connectivity index (χ4n) is 3.53. The SMILES string of the molecule is COc1ccc[c]([Bi]([c]2cccc(OC)c2OC)[c]2cccc(OC)c2OC)c1OC. The molecule has 0 fully saturated rings. The second kappa shape index (κ2) is 10.6. The van der Waals surface area contributed by atoms with Crippen LogP contribution in [0.4, 0.5) is 0 Å². The van der Waals surface area contributed by atoms with Crippen molar-refractivity contribution in [2.45, 2.75) is 0 Å². The molecule has 0 saturated heterocycles. The molecule has 7 heteroatoms. The molecule has 3 rings (SSSR count). The van der Waals surface area contributed by atoms with Crippen molar-refractivity contribution in [3.8, 4) is 34.5 Å². The van der Waals surface area contributed by atoms with Crippen LogP contribution in [0.15, 0.2) is 54.6 Å². The molecule has 31 heavy (non-hydrogen) atoms. The van der Waals surface area contributed by atoms with Crippen LogP contribution in [-0.2, 0) is 0 Å². The Labute approximate surface area is 191 Å². The summed E-state index contributed by atoms with van der Waals surface area (Å²) in [5.74, 6) is 4.21. The van der Waals surface area contributed by atoms with E-state index in [1.54, 1.807) is 42.7 Å². The molecule has 0 aliphatic heterocycles. The summed E-state index contributed by atoms with van der Waals surface area (Å²) in [4.78, 5) is 0. The zero-order valence-electron chi connectivity index (χ0n) is 18.6. The Kier molecular flexibility index (Phi) is 7.86. The molecule has 0 aliphatic carbocycles. The summed E-state index contributed by atoms with van der Waals surface area (Å²) in [6.07, 6.45) is 0. The molecule has 6 nitrogen and oxygen atoms in total. The minimum absolute atomic E-state index is 0.684. The monoisotopic (exact) mass is 620 g/mol. The molecule has 3 aromatic carbocycles. The van der Waals surface area contributed by atoms with Gasteiger partial charge in [-0.3, -0.25) is 0 Å². The van der Waals surface area contributed by atoms with Crippen LogP contribution in [0, 0.1) is 0 Å². The van der Waals surface area contributed by atoms with Gasteiger partial charge in [0.15, 0.2) is 0 Å². The van der Waals surface area contributed by atoms with E-state index in [1.165, 1.54) is 0 Å². The maximum absolute atomic E-state index is 5.83. The third-order valence-corrected chi connectivity index (χ3v) is 14.6. The number of para-hydroxylation sites is 3. The Balaban J connectivity index is 2.41. The Morgan fingerprint density at radius 2 is 0.710 bits per heavy atom. The molecule has 0 bridgehead atoms. The molecule has 164 valence electrons. The van der Waals surface area contributed by atoms with E-state index < -0.39 is 21.8 Å². The molecule has 0 amide bonds. The number of ether oxygens (including phenoxy) is 6. The van der Waals surface area contributed by atoms with E-state index in [-0.39, 0.29) is 0 Å². The maximum atomic E-state index is 5.83. The Morgan fingerprint density at radius 3 is 0.935 bits per heavy atom. The Morgan fingerprint density at radius 1 is 0.419 bits per heavy atom. The van der Waals surface area contributed by atoms with E-state index >= 15 is 0 Å². The van der Waals surface area contributed by atoms with E-state index in [0.29, 0.717) is 17.2 Å². The van der Waals surface area contributed by atoms with Gasteiger partial charge in [-0.15, -0.1) is 0 Å². The quantitative estimate of drug-likeness (QED) is 0.343. The van der Waals surface area contributed by atoms with Gasteiger partial charge in [0.1, 0.15) is 0 Å². The zero-order chi connectivity index (χ0) is 22.4. The molecule has 3 aromatic rings. The molecule has 0 unspecified atom stereocenters. The molecule has 0 aliphatic rings. The van der Waals surface area contributed by atoms with Crippen molar-refractivity contribution in [2.75, 3.05) is 42.7 Å². The third-order valence-electron chi connectivity index (χ3n) is 4.87. The standard InChI is InChI=1S/3C8H9O2.Bi/c3*1-9-7-5-3-4-6-8(7)10-2;/h3*3-5H,1-2H3;. The summed E-state index contributed by atoms with van der Waals surface area (Å²) in [5, 5.41) is 0. The van der Waals surface area contributed by atoms with E-state index in [9.17, 15) is 0 Å². The molecular weight excluding hydrogens is 593 g/mol. The van der Waals surface area contributed by atoms with Crippen LogP contribution in [0.2, 0.25) is 0 Å². The van der Waals surface area contributed by atoms with Gasteiger partial charge in [0.25, 0.3) is 0 Å².